The van der Waals surface area contributed by atoms with E-state index < -0.39 is 5.97 Å². The molecule has 1 unspecified atom stereocenters. The van der Waals surface area contributed by atoms with Gasteiger partial charge in [0.25, 0.3) is 0 Å². The summed E-state index contributed by atoms with van der Waals surface area (Å²) in [5.74, 6) is -0.240. The molecular formula is C13H18BrNO3. The molecule has 0 heterocycles. The number of aliphatic carboxylic acids is 1. The summed E-state index contributed by atoms with van der Waals surface area (Å²) in [5.41, 5.74) is 1.05. The summed E-state index contributed by atoms with van der Waals surface area (Å²) in [7, 11) is 1.64. The lowest BCUT2D eigenvalue weighted by molar-refractivity contribution is -0.141. The van der Waals surface area contributed by atoms with E-state index in [1.54, 1.807) is 14.0 Å². The number of rotatable bonds is 7. The van der Waals surface area contributed by atoms with Crippen LogP contribution < -0.4 is 10.1 Å². The maximum Gasteiger partial charge on any atom is 0.306 e. The van der Waals surface area contributed by atoms with Crippen LogP contribution in [0.3, 0.4) is 0 Å². The van der Waals surface area contributed by atoms with Gasteiger partial charge < -0.3 is 15.2 Å². The molecule has 4 nitrogen and oxygen atoms in total. The van der Waals surface area contributed by atoms with Crippen molar-refractivity contribution >= 4 is 21.9 Å². The summed E-state index contributed by atoms with van der Waals surface area (Å²) in [6, 6.07) is 5.82. The number of carboxylic acids is 1. The first-order valence-corrected chi connectivity index (χ1v) is 6.60. The highest BCUT2D eigenvalue weighted by molar-refractivity contribution is 9.10. The number of halogens is 1. The Hall–Kier alpha value is -1.07. The zero-order chi connectivity index (χ0) is 13.5. The Morgan fingerprint density at radius 3 is 2.89 bits per heavy atom. The van der Waals surface area contributed by atoms with Crippen molar-refractivity contribution < 1.29 is 14.6 Å². The molecule has 18 heavy (non-hydrogen) atoms. The average Bonchev–Trinajstić information content (AvgIpc) is 2.34. The van der Waals surface area contributed by atoms with Crippen LogP contribution in [0.15, 0.2) is 22.7 Å². The molecule has 2 N–H and O–H groups in total. The predicted octanol–water partition coefficient (Wildman–Crippen LogP) is 2.66. The van der Waals surface area contributed by atoms with Crippen LogP contribution >= 0.6 is 15.9 Å². The second kappa shape index (κ2) is 7.38. The van der Waals surface area contributed by atoms with Gasteiger partial charge in [-0.25, -0.2) is 0 Å². The quantitative estimate of drug-likeness (QED) is 0.759. The number of nitrogens with one attached hydrogen (secondary N) is 1. The zero-order valence-electron chi connectivity index (χ0n) is 10.6. The Morgan fingerprint density at radius 2 is 2.28 bits per heavy atom. The molecule has 1 aromatic carbocycles. The first-order chi connectivity index (χ1) is 8.54. The topological polar surface area (TPSA) is 58.6 Å². The van der Waals surface area contributed by atoms with Crippen molar-refractivity contribution in [1.82, 2.24) is 5.32 Å². The minimum absolute atomic E-state index is 0.318. The van der Waals surface area contributed by atoms with Gasteiger partial charge in [-0.15, -0.1) is 0 Å². The fourth-order valence-electron chi connectivity index (χ4n) is 1.55. The second-order valence-corrected chi connectivity index (χ2v) is 5.08. The zero-order valence-corrected chi connectivity index (χ0v) is 12.2. The Morgan fingerprint density at radius 1 is 1.56 bits per heavy atom. The van der Waals surface area contributed by atoms with E-state index in [-0.39, 0.29) is 5.92 Å². The summed E-state index contributed by atoms with van der Waals surface area (Å²) in [6.07, 6.45) is 0.617. The van der Waals surface area contributed by atoms with Gasteiger partial charge in [0.1, 0.15) is 5.75 Å². The Bertz CT molecular complexity index is 409. The van der Waals surface area contributed by atoms with Crippen LogP contribution in [0.25, 0.3) is 0 Å². The van der Waals surface area contributed by atoms with E-state index >= 15 is 0 Å². The average molecular weight is 316 g/mol. The first-order valence-electron chi connectivity index (χ1n) is 5.80. The number of ether oxygens (including phenoxy) is 1. The van der Waals surface area contributed by atoms with E-state index in [2.05, 4.69) is 21.2 Å². The molecule has 5 heteroatoms. The molecule has 1 aromatic rings. The van der Waals surface area contributed by atoms with Crippen molar-refractivity contribution in [3.8, 4) is 5.75 Å². The van der Waals surface area contributed by atoms with Gasteiger partial charge in [0.15, 0.2) is 0 Å². The van der Waals surface area contributed by atoms with Crippen LogP contribution in [0.2, 0.25) is 0 Å². The summed E-state index contributed by atoms with van der Waals surface area (Å²) in [4.78, 5) is 10.7. The number of methoxy groups -OCH3 is 1. The number of benzene rings is 1. The third kappa shape index (κ3) is 4.66. The molecule has 0 bridgehead atoms. The molecule has 0 radical (unpaired) electrons. The van der Waals surface area contributed by atoms with Gasteiger partial charge in [-0.2, -0.15) is 0 Å². The third-order valence-electron chi connectivity index (χ3n) is 2.73. The number of carbonyl (C=O) groups is 1. The van der Waals surface area contributed by atoms with Crippen LogP contribution in [0, 0.1) is 5.92 Å². The largest absolute Gasteiger partial charge is 0.496 e. The highest BCUT2D eigenvalue weighted by Gasteiger charge is 2.10. The third-order valence-corrected chi connectivity index (χ3v) is 3.23. The number of hydrogen-bond donors (Lipinski definition) is 2. The molecule has 0 aliphatic heterocycles. The predicted molar refractivity (Wildman–Crippen MR) is 73.8 cm³/mol. The summed E-state index contributed by atoms with van der Waals surface area (Å²) in [5, 5.41) is 12.0. The van der Waals surface area contributed by atoms with Crippen LogP contribution in [0.5, 0.6) is 5.75 Å². The fourth-order valence-corrected chi connectivity index (χ4v) is 1.96. The van der Waals surface area contributed by atoms with Gasteiger partial charge in [-0.1, -0.05) is 22.9 Å². The van der Waals surface area contributed by atoms with Crippen molar-refractivity contribution in [2.75, 3.05) is 13.7 Å². The lowest BCUT2D eigenvalue weighted by atomic mass is 10.1. The fraction of sp³-hybridized carbons (Fsp3) is 0.462. The molecule has 1 rings (SSSR count). The first kappa shape index (κ1) is 15.0. The Kier molecular flexibility index (Phi) is 6.15. The van der Waals surface area contributed by atoms with Crippen molar-refractivity contribution in [1.29, 1.82) is 0 Å². The smallest absolute Gasteiger partial charge is 0.306 e. The van der Waals surface area contributed by atoms with Crippen molar-refractivity contribution in [2.45, 2.75) is 19.9 Å². The summed E-state index contributed by atoms with van der Waals surface area (Å²) < 4.78 is 6.26. The van der Waals surface area contributed by atoms with E-state index in [1.807, 2.05) is 18.2 Å². The van der Waals surface area contributed by atoms with E-state index in [0.29, 0.717) is 19.5 Å². The van der Waals surface area contributed by atoms with Crippen molar-refractivity contribution in [3.05, 3.63) is 28.2 Å². The maximum absolute atomic E-state index is 10.7. The normalized spacial score (nSPS) is 12.2. The SMILES string of the molecule is COc1ccc(Br)cc1CNCCC(C)C(=O)O. The Balaban J connectivity index is 2.43. The monoisotopic (exact) mass is 315 g/mol. The van der Waals surface area contributed by atoms with Crippen LogP contribution in [-0.4, -0.2) is 24.7 Å². The minimum Gasteiger partial charge on any atom is -0.496 e. The van der Waals surface area contributed by atoms with E-state index in [1.165, 1.54) is 0 Å². The van der Waals surface area contributed by atoms with Gasteiger partial charge in [0, 0.05) is 16.6 Å². The summed E-state index contributed by atoms with van der Waals surface area (Å²) in [6.45, 7) is 3.04. The van der Waals surface area contributed by atoms with Crippen LogP contribution in [0.4, 0.5) is 0 Å². The molecule has 0 aromatic heterocycles. The van der Waals surface area contributed by atoms with Crippen LogP contribution in [-0.2, 0) is 11.3 Å². The lowest BCUT2D eigenvalue weighted by Gasteiger charge is -2.11. The van der Waals surface area contributed by atoms with Gasteiger partial charge in [-0.3, -0.25) is 4.79 Å². The summed E-state index contributed by atoms with van der Waals surface area (Å²) >= 11 is 3.42. The Labute approximate surface area is 115 Å². The highest BCUT2D eigenvalue weighted by Crippen LogP contribution is 2.22. The van der Waals surface area contributed by atoms with Crippen molar-refractivity contribution in [3.63, 3.8) is 0 Å². The van der Waals surface area contributed by atoms with Gasteiger partial charge >= 0.3 is 5.97 Å². The van der Waals surface area contributed by atoms with Gasteiger partial charge in [-0.05, 0) is 31.2 Å². The lowest BCUT2D eigenvalue weighted by Crippen LogP contribution is -2.20. The number of hydrogen-bond acceptors (Lipinski definition) is 3. The second-order valence-electron chi connectivity index (χ2n) is 4.16. The molecule has 1 atom stereocenters. The van der Waals surface area contributed by atoms with Gasteiger partial charge in [0.05, 0.1) is 13.0 Å². The standard InChI is InChI=1S/C13H18BrNO3/c1-9(13(16)17)5-6-15-8-10-7-11(14)3-4-12(10)18-2/h3-4,7,9,15H,5-6,8H2,1-2H3,(H,16,17). The number of carboxylic acid groups (broad SMARTS) is 1. The van der Waals surface area contributed by atoms with Gasteiger partial charge in [0.2, 0.25) is 0 Å². The van der Waals surface area contributed by atoms with E-state index in [9.17, 15) is 4.79 Å². The molecule has 0 amide bonds. The molecule has 0 aliphatic carbocycles. The molecule has 0 saturated carbocycles. The molecule has 0 spiro atoms. The van der Waals surface area contributed by atoms with Crippen LogP contribution in [0.1, 0.15) is 18.9 Å². The van der Waals surface area contributed by atoms with E-state index in [0.717, 1.165) is 15.8 Å². The molecule has 100 valence electrons. The van der Waals surface area contributed by atoms with E-state index in [4.69, 9.17) is 9.84 Å². The maximum atomic E-state index is 10.7. The van der Waals surface area contributed by atoms with Crippen molar-refractivity contribution in [2.24, 2.45) is 5.92 Å². The molecule has 0 saturated heterocycles. The highest BCUT2D eigenvalue weighted by atomic mass is 79.9. The molecule has 0 fully saturated rings. The minimum atomic E-state index is -0.753. The molecular weight excluding hydrogens is 298 g/mol. The molecule has 0 aliphatic rings.